The van der Waals surface area contributed by atoms with E-state index in [-0.39, 0.29) is 37.1 Å². The molecule has 1 fully saturated rings. The fourth-order valence-electron chi connectivity index (χ4n) is 8.30. The monoisotopic (exact) mass is 1060 g/mol. The third-order valence-corrected chi connectivity index (χ3v) is 15.6. The smallest absolute Gasteiger partial charge is 0.410 e. The van der Waals surface area contributed by atoms with Crippen LogP contribution in [0.2, 0.25) is 39.3 Å². The number of carbonyl (C=O) groups is 1. The summed E-state index contributed by atoms with van der Waals surface area (Å²) in [4.78, 5) is 23.3. The molecule has 1 aliphatic heterocycles. The number of aromatic nitrogens is 3. The van der Waals surface area contributed by atoms with Crippen LogP contribution < -0.4 is 21.3 Å². The number of alkyl halides is 6. The SMILES string of the molecule is CCO.C[C@H](Cc1c([Si](C)(C)C)[nH]c2ccccc12)N1CC(F)(F)COC1=O.C[C@H](Cc1c([Si](C)(C)C)[nH]c2ccccc12)NCC(F)(F)CO.C[C@H](Cc1c[nH]c2ccccc12)NCC(F)(F)CO.Cl. The van der Waals surface area contributed by atoms with Crippen molar-refractivity contribution in [3.8, 4) is 0 Å². The number of ether oxygens (including phenoxy) is 1. The number of para-hydroxylation sites is 3. The maximum atomic E-state index is 13.7. The number of nitrogens with zero attached hydrogens (tertiary/aromatic N) is 1. The average molecular weight is 1060 g/mol. The van der Waals surface area contributed by atoms with Gasteiger partial charge in [0.05, 0.1) is 35.8 Å². The van der Waals surface area contributed by atoms with Gasteiger partial charge in [-0.25, -0.2) is 31.1 Å². The molecule has 1 saturated heterocycles. The average Bonchev–Trinajstić information content (AvgIpc) is 4.00. The van der Waals surface area contributed by atoms with Gasteiger partial charge >= 0.3 is 6.09 Å². The fraction of sp³-hybridized carbons (Fsp3) is 0.510. The summed E-state index contributed by atoms with van der Waals surface area (Å²) in [5.41, 5.74) is 6.66. The highest BCUT2D eigenvalue weighted by atomic mass is 35.5. The normalized spacial score (nSPS) is 15.4. The molecule has 3 atom stereocenters. The highest BCUT2D eigenvalue weighted by molar-refractivity contribution is 6.89. The molecule has 1 amide bonds. The second-order valence-corrected chi connectivity index (χ2v) is 30.3. The highest BCUT2D eigenvalue weighted by Gasteiger charge is 2.43. The van der Waals surface area contributed by atoms with E-state index in [1.807, 2.05) is 80.7 Å². The lowest BCUT2D eigenvalue weighted by molar-refractivity contribution is -0.112. The zero-order valence-corrected chi connectivity index (χ0v) is 45.4. The van der Waals surface area contributed by atoms with Gasteiger partial charge < -0.3 is 45.6 Å². The molecule has 0 spiro atoms. The molecule has 3 aromatic carbocycles. The molecule has 0 aliphatic carbocycles. The van der Waals surface area contributed by atoms with Gasteiger partial charge in [-0.1, -0.05) is 93.9 Å². The maximum Gasteiger partial charge on any atom is 0.410 e. The number of fused-ring (bicyclic) bond motifs is 3. The number of aliphatic hydroxyl groups is 3. The Balaban J connectivity index is 0.000000274. The van der Waals surface area contributed by atoms with Gasteiger partial charge in [-0.3, -0.25) is 4.90 Å². The van der Waals surface area contributed by atoms with E-state index in [4.69, 9.17) is 15.3 Å². The number of hydrogen-bond donors (Lipinski definition) is 8. The lowest BCUT2D eigenvalue weighted by Gasteiger charge is -2.36. The zero-order valence-electron chi connectivity index (χ0n) is 42.6. The molecule has 7 rings (SSSR count). The van der Waals surface area contributed by atoms with E-state index < -0.39 is 79.5 Å². The molecular weight excluding hydrogens is 982 g/mol. The minimum Gasteiger partial charge on any atom is -0.443 e. The first-order valence-corrected chi connectivity index (χ1v) is 30.8. The van der Waals surface area contributed by atoms with Crippen LogP contribution in [0, 0.1) is 0 Å². The van der Waals surface area contributed by atoms with Crippen LogP contribution >= 0.6 is 12.4 Å². The van der Waals surface area contributed by atoms with Crippen LogP contribution in [0.15, 0.2) is 79.0 Å². The minimum absolute atomic E-state index is 0. The largest absolute Gasteiger partial charge is 0.443 e. The summed E-state index contributed by atoms with van der Waals surface area (Å²) in [7, 11) is -3.23. The Labute approximate surface area is 422 Å². The van der Waals surface area contributed by atoms with Gasteiger partial charge in [0, 0.05) is 74.3 Å². The molecule has 1 aliphatic rings. The van der Waals surface area contributed by atoms with E-state index in [1.54, 1.807) is 13.8 Å². The van der Waals surface area contributed by atoms with Gasteiger partial charge in [0.15, 0.2) is 6.61 Å². The van der Waals surface area contributed by atoms with E-state index in [9.17, 15) is 31.1 Å². The Morgan fingerprint density at radius 2 is 1.10 bits per heavy atom. The Hall–Kier alpha value is -4.35. The summed E-state index contributed by atoms with van der Waals surface area (Å²) >= 11 is 0. The topological polar surface area (TPSA) is 162 Å². The van der Waals surface area contributed by atoms with Crippen LogP contribution in [0.1, 0.15) is 44.4 Å². The van der Waals surface area contributed by atoms with Crippen molar-refractivity contribution in [2.45, 2.75) is 122 Å². The number of halogens is 7. The number of amides is 1. The number of carbonyl (C=O) groups excluding carboxylic acids is 1. The Bertz CT molecular complexity index is 2580. The first kappa shape index (κ1) is 61.0. The van der Waals surface area contributed by atoms with Crippen LogP contribution in [0.3, 0.4) is 0 Å². The second kappa shape index (κ2) is 26.0. The molecule has 11 nitrogen and oxygen atoms in total. The molecule has 0 radical (unpaired) electrons. The van der Waals surface area contributed by atoms with Crippen molar-refractivity contribution in [2.75, 3.05) is 46.1 Å². The molecule has 0 saturated carbocycles. The van der Waals surface area contributed by atoms with Crippen molar-refractivity contribution in [2.24, 2.45) is 0 Å². The molecule has 71 heavy (non-hydrogen) atoms. The molecule has 8 N–H and O–H groups in total. The van der Waals surface area contributed by atoms with Crippen molar-refractivity contribution < 1.29 is 51.2 Å². The summed E-state index contributed by atoms with van der Waals surface area (Å²) < 4.78 is 84.3. The van der Waals surface area contributed by atoms with Crippen LogP contribution in [0.25, 0.3) is 32.7 Å². The maximum absolute atomic E-state index is 13.7. The third kappa shape index (κ3) is 17.7. The zero-order chi connectivity index (χ0) is 52.2. The summed E-state index contributed by atoms with van der Waals surface area (Å²) in [6, 6.07) is 23.5. The van der Waals surface area contributed by atoms with E-state index in [0.717, 1.165) is 43.3 Å². The van der Waals surface area contributed by atoms with Gasteiger partial charge in [-0.2, -0.15) is 0 Å². The van der Waals surface area contributed by atoms with Crippen molar-refractivity contribution >= 4 is 78.0 Å². The minimum atomic E-state index is -3.07. The predicted octanol–water partition coefficient (Wildman–Crippen LogP) is 9.33. The third-order valence-electron chi connectivity index (χ3n) is 11.8. The number of rotatable bonds is 17. The summed E-state index contributed by atoms with van der Waals surface area (Å²) in [5.74, 6) is -9.13. The van der Waals surface area contributed by atoms with Crippen LogP contribution in [0.5, 0.6) is 0 Å². The predicted molar refractivity (Wildman–Crippen MR) is 283 cm³/mol. The molecule has 396 valence electrons. The Kier molecular flexibility index (Phi) is 22.4. The highest BCUT2D eigenvalue weighted by Crippen LogP contribution is 2.28. The molecule has 6 aromatic rings. The number of H-pyrrole nitrogens is 3. The standard InChI is InChI=1S/C18H24F2N2O2Si.C17H26F2N2OSi.C14H18F2N2O.C2H6O.ClH/c1-12(22-10-18(19,20)11-24-17(22)23)9-14-13-7-5-6-8-15(13)21-16(14)25(2,3)4;1-12(20-10-17(18,19)11-22)9-14-13-7-5-6-8-15(13)21-16(14)23(2,3)4;1-10(18-8-14(15,16)9-19)6-11-7-17-13-5-3-2-4-12(11)13;1-2-3;/h5-8,12,21H,9-11H2,1-4H3;5-8,12,20-22H,9-11H2,1-4H3;2-5,7,10,17-19H,6,8-9H2,1H3;3H,2H2,1H3;1H/t2*12-;10-;;/m111../s1. The van der Waals surface area contributed by atoms with Gasteiger partial charge in [0.1, 0.15) is 13.2 Å². The first-order chi connectivity index (χ1) is 32.7. The van der Waals surface area contributed by atoms with E-state index >= 15 is 0 Å². The lowest BCUT2D eigenvalue weighted by atomic mass is 10.0. The number of benzene rings is 3. The number of nitrogens with one attached hydrogen (secondary N) is 5. The fourth-order valence-corrected chi connectivity index (χ4v) is 11.6. The summed E-state index contributed by atoms with van der Waals surface area (Å²) in [5, 5.41) is 36.2. The van der Waals surface area contributed by atoms with E-state index in [1.165, 1.54) is 21.6 Å². The molecular formula is C51H75ClF6N6O5Si2. The number of cyclic esters (lactones) is 1. The van der Waals surface area contributed by atoms with Crippen molar-refractivity contribution in [3.63, 3.8) is 0 Å². The first-order valence-electron chi connectivity index (χ1n) is 23.8. The van der Waals surface area contributed by atoms with Gasteiger partial charge in [-0.15, -0.1) is 12.4 Å². The summed E-state index contributed by atoms with van der Waals surface area (Å²) in [6.07, 6.45) is 3.12. The molecule has 3 aromatic heterocycles. The summed E-state index contributed by atoms with van der Waals surface area (Å²) in [6.45, 7) is 16.4. The van der Waals surface area contributed by atoms with E-state index in [0.29, 0.717) is 19.3 Å². The molecule has 4 heterocycles. The molecule has 20 heteroatoms. The number of hydrogen-bond acceptors (Lipinski definition) is 7. The number of aromatic amines is 3. The van der Waals surface area contributed by atoms with Crippen molar-refractivity contribution in [1.82, 2.24) is 30.5 Å². The van der Waals surface area contributed by atoms with Crippen molar-refractivity contribution in [3.05, 3.63) is 95.7 Å². The van der Waals surface area contributed by atoms with Gasteiger partial charge in [-0.05, 0) is 81.8 Å². The second-order valence-electron chi connectivity index (χ2n) is 20.3. The number of aliphatic hydroxyl groups excluding tert-OH is 3. The van der Waals surface area contributed by atoms with Crippen molar-refractivity contribution in [1.29, 1.82) is 0 Å². The van der Waals surface area contributed by atoms with Gasteiger partial charge in [0.2, 0.25) is 0 Å². The quantitative estimate of drug-likeness (QED) is 0.0334. The Morgan fingerprint density at radius 1 is 0.690 bits per heavy atom. The van der Waals surface area contributed by atoms with Crippen LogP contribution in [-0.2, 0) is 24.0 Å². The van der Waals surface area contributed by atoms with Gasteiger partial charge in [0.25, 0.3) is 17.8 Å². The Morgan fingerprint density at radius 3 is 1.55 bits per heavy atom. The molecule has 0 unspecified atom stereocenters. The lowest BCUT2D eigenvalue weighted by Crippen LogP contribution is -2.54. The molecule has 0 bridgehead atoms. The van der Waals surface area contributed by atoms with Crippen LogP contribution in [-0.4, -0.2) is 139 Å². The van der Waals surface area contributed by atoms with Crippen LogP contribution in [0.4, 0.5) is 31.1 Å². The van der Waals surface area contributed by atoms with E-state index in [2.05, 4.69) is 81.7 Å².